The molecule has 0 heterocycles. The topological polar surface area (TPSA) is 105 Å². The van der Waals surface area contributed by atoms with Gasteiger partial charge in [0, 0.05) is 12.2 Å². The Kier molecular flexibility index (Phi) is 5.08. The Morgan fingerprint density at radius 1 is 1.50 bits per heavy atom. The number of esters is 1. The summed E-state index contributed by atoms with van der Waals surface area (Å²) in [6, 6.07) is 4.45. The summed E-state index contributed by atoms with van der Waals surface area (Å²) in [5.41, 5.74) is 6.58. The lowest BCUT2D eigenvalue weighted by Crippen LogP contribution is -2.29. The van der Waals surface area contributed by atoms with E-state index in [-0.39, 0.29) is 17.8 Å². The average Bonchev–Trinajstić information content (AvgIpc) is 2.37. The maximum Gasteiger partial charge on any atom is 0.339 e. The molecule has 0 saturated carbocycles. The van der Waals surface area contributed by atoms with E-state index in [9.17, 15) is 15.0 Å². The fraction of sp³-hybridized carbons (Fsp3) is 0.417. The number of ether oxygens (including phenoxy) is 1. The van der Waals surface area contributed by atoms with Gasteiger partial charge in [-0.3, -0.25) is 0 Å². The maximum absolute atomic E-state index is 11.3. The second-order valence-electron chi connectivity index (χ2n) is 3.91. The number of hydrogen-bond acceptors (Lipinski definition) is 6. The first kappa shape index (κ1) is 14.4. The number of aliphatic hydroxyl groups is 2. The quantitative estimate of drug-likeness (QED) is 0.423. The summed E-state index contributed by atoms with van der Waals surface area (Å²) in [6.45, 7) is 0.250. The van der Waals surface area contributed by atoms with Crippen molar-refractivity contribution in [2.75, 3.05) is 26.4 Å². The van der Waals surface area contributed by atoms with Crippen LogP contribution in [0.15, 0.2) is 18.2 Å². The minimum Gasteiger partial charge on any atom is -0.465 e. The van der Waals surface area contributed by atoms with Gasteiger partial charge in [0.05, 0.1) is 18.8 Å². The van der Waals surface area contributed by atoms with Crippen molar-refractivity contribution in [3.8, 4) is 0 Å². The molecule has 18 heavy (non-hydrogen) atoms. The van der Waals surface area contributed by atoms with Crippen molar-refractivity contribution in [3.05, 3.63) is 29.3 Å². The third-order valence-corrected chi connectivity index (χ3v) is 2.60. The number of nitrogens with two attached hydrogens (primary N) is 1. The number of methoxy groups -OCH3 is 1. The third kappa shape index (κ3) is 3.19. The molecule has 6 nitrogen and oxygen atoms in total. The van der Waals surface area contributed by atoms with Crippen LogP contribution < -0.4 is 11.1 Å². The van der Waals surface area contributed by atoms with E-state index in [0.29, 0.717) is 5.56 Å². The van der Waals surface area contributed by atoms with E-state index in [1.54, 1.807) is 7.05 Å². The van der Waals surface area contributed by atoms with E-state index in [2.05, 4.69) is 10.1 Å². The third-order valence-electron chi connectivity index (χ3n) is 2.60. The number of rotatable bonds is 5. The van der Waals surface area contributed by atoms with Gasteiger partial charge in [0.1, 0.15) is 6.10 Å². The lowest BCUT2D eigenvalue weighted by molar-refractivity contribution is 0.0202. The Bertz CT molecular complexity index is 423. The second kappa shape index (κ2) is 6.34. The lowest BCUT2D eigenvalue weighted by atomic mass is 10.0. The zero-order chi connectivity index (χ0) is 13.7. The van der Waals surface area contributed by atoms with Crippen molar-refractivity contribution in [2.45, 2.75) is 12.2 Å². The van der Waals surface area contributed by atoms with Crippen LogP contribution in [-0.2, 0) is 4.74 Å². The summed E-state index contributed by atoms with van der Waals surface area (Å²) in [5.74, 6) is -0.538. The monoisotopic (exact) mass is 254 g/mol. The molecule has 0 aliphatic heterocycles. The van der Waals surface area contributed by atoms with Crippen molar-refractivity contribution in [1.29, 1.82) is 0 Å². The smallest absolute Gasteiger partial charge is 0.339 e. The number of likely N-dealkylation sites (N-methyl/N-ethyl adjacent to an activating group) is 1. The number of aliphatic hydroxyl groups excluding tert-OH is 2. The first-order chi connectivity index (χ1) is 8.51. The van der Waals surface area contributed by atoms with Gasteiger partial charge in [-0.05, 0) is 24.7 Å². The zero-order valence-electron chi connectivity index (χ0n) is 10.4. The Morgan fingerprint density at radius 3 is 2.67 bits per heavy atom. The molecule has 2 atom stereocenters. The minimum absolute atomic E-state index is 0.204. The van der Waals surface area contributed by atoms with Crippen molar-refractivity contribution in [1.82, 2.24) is 5.32 Å². The molecule has 6 heteroatoms. The summed E-state index contributed by atoms with van der Waals surface area (Å²) in [6.07, 6.45) is -2.01. The molecule has 2 unspecified atom stereocenters. The summed E-state index contributed by atoms with van der Waals surface area (Å²) in [7, 11) is 2.94. The van der Waals surface area contributed by atoms with Gasteiger partial charge in [0.25, 0.3) is 0 Å². The lowest BCUT2D eigenvalue weighted by Gasteiger charge is -2.18. The van der Waals surface area contributed by atoms with E-state index in [1.807, 2.05) is 0 Å². The van der Waals surface area contributed by atoms with Crippen LogP contribution >= 0.6 is 0 Å². The number of carbonyl (C=O) groups excluding carboxylic acids is 1. The van der Waals surface area contributed by atoms with Crippen molar-refractivity contribution in [3.63, 3.8) is 0 Å². The molecule has 100 valence electrons. The van der Waals surface area contributed by atoms with E-state index in [4.69, 9.17) is 5.73 Å². The van der Waals surface area contributed by atoms with Gasteiger partial charge in [0.2, 0.25) is 0 Å². The summed E-state index contributed by atoms with van der Waals surface area (Å²) in [5, 5.41) is 22.3. The second-order valence-corrected chi connectivity index (χ2v) is 3.91. The van der Waals surface area contributed by atoms with Crippen LogP contribution in [0.4, 0.5) is 5.69 Å². The predicted octanol–water partition coefficient (Wildman–Crippen LogP) is -0.331. The van der Waals surface area contributed by atoms with E-state index >= 15 is 0 Å². The number of benzene rings is 1. The maximum atomic E-state index is 11.3. The SMILES string of the molecule is CNCC(O)C(O)c1ccc(C(=O)OC)c(N)c1. The fourth-order valence-electron chi connectivity index (χ4n) is 1.60. The number of nitrogen functional groups attached to an aromatic ring is 1. The van der Waals surface area contributed by atoms with Crippen LogP contribution in [0.25, 0.3) is 0 Å². The van der Waals surface area contributed by atoms with Gasteiger partial charge in [-0.1, -0.05) is 6.07 Å². The average molecular weight is 254 g/mol. The van der Waals surface area contributed by atoms with Gasteiger partial charge in [-0.25, -0.2) is 4.79 Å². The fourth-order valence-corrected chi connectivity index (χ4v) is 1.60. The first-order valence-electron chi connectivity index (χ1n) is 5.49. The molecule has 0 amide bonds. The molecule has 0 radical (unpaired) electrons. The summed E-state index contributed by atoms with van der Waals surface area (Å²) >= 11 is 0. The number of nitrogens with one attached hydrogen (secondary N) is 1. The Morgan fingerprint density at radius 2 is 2.17 bits per heavy atom. The highest BCUT2D eigenvalue weighted by atomic mass is 16.5. The van der Waals surface area contributed by atoms with Crippen LogP contribution in [-0.4, -0.2) is 43.0 Å². The molecular weight excluding hydrogens is 236 g/mol. The molecule has 1 aromatic rings. The largest absolute Gasteiger partial charge is 0.465 e. The first-order valence-corrected chi connectivity index (χ1v) is 5.49. The van der Waals surface area contributed by atoms with Crippen LogP contribution in [0.1, 0.15) is 22.0 Å². The van der Waals surface area contributed by atoms with Gasteiger partial charge < -0.3 is 26.0 Å². The van der Waals surface area contributed by atoms with E-state index < -0.39 is 18.2 Å². The van der Waals surface area contributed by atoms with E-state index in [1.165, 1.54) is 25.3 Å². The van der Waals surface area contributed by atoms with Crippen molar-refractivity contribution < 1.29 is 19.7 Å². The standard InChI is InChI=1S/C12H18N2O4/c1-14-6-10(15)11(16)7-3-4-8(9(13)5-7)12(17)18-2/h3-5,10-11,14-16H,6,13H2,1-2H3. The summed E-state index contributed by atoms with van der Waals surface area (Å²) in [4.78, 5) is 11.3. The van der Waals surface area contributed by atoms with Crippen molar-refractivity contribution in [2.24, 2.45) is 0 Å². The Balaban J connectivity index is 2.93. The zero-order valence-corrected chi connectivity index (χ0v) is 10.4. The molecule has 0 aromatic heterocycles. The molecule has 0 fully saturated rings. The van der Waals surface area contributed by atoms with Crippen LogP contribution in [0.3, 0.4) is 0 Å². The van der Waals surface area contributed by atoms with E-state index in [0.717, 1.165) is 0 Å². The number of carbonyl (C=O) groups is 1. The predicted molar refractivity (Wildman–Crippen MR) is 67.1 cm³/mol. The molecule has 1 aromatic carbocycles. The molecular formula is C12H18N2O4. The van der Waals surface area contributed by atoms with Gasteiger partial charge >= 0.3 is 5.97 Å². The number of anilines is 1. The molecule has 5 N–H and O–H groups in total. The highest BCUT2D eigenvalue weighted by Gasteiger charge is 2.19. The minimum atomic E-state index is -1.06. The van der Waals surface area contributed by atoms with Crippen LogP contribution in [0, 0.1) is 0 Å². The molecule has 0 bridgehead atoms. The molecule has 0 aliphatic carbocycles. The normalized spacial score (nSPS) is 14.0. The number of hydrogen-bond donors (Lipinski definition) is 4. The Labute approximate surface area is 105 Å². The molecule has 0 spiro atoms. The van der Waals surface area contributed by atoms with Crippen molar-refractivity contribution >= 4 is 11.7 Å². The molecule has 0 saturated heterocycles. The highest BCUT2D eigenvalue weighted by Crippen LogP contribution is 2.22. The molecule has 0 aliphatic rings. The van der Waals surface area contributed by atoms with Gasteiger partial charge in [0.15, 0.2) is 0 Å². The van der Waals surface area contributed by atoms with Crippen LogP contribution in [0.2, 0.25) is 0 Å². The van der Waals surface area contributed by atoms with Gasteiger partial charge in [-0.15, -0.1) is 0 Å². The van der Waals surface area contributed by atoms with Gasteiger partial charge in [-0.2, -0.15) is 0 Å². The molecule has 1 rings (SSSR count). The Hall–Kier alpha value is -1.63. The van der Waals surface area contributed by atoms with Crippen LogP contribution in [0.5, 0.6) is 0 Å². The summed E-state index contributed by atoms with van der Waals surface area (Å²) < 4.78 is 4.56. The highest BCUT2D eigenvalue weighted by molar-refractivity contribution is 5.95.